The van der Waals surface area contributed by atoms with Crippen LogP contribution in [0.15, 0.2) is 34.2 Å². The highest BCUT2D eigenvalue weighted by Gasteiger charge is 2.14. The Labute approximate surface area is 144 Å². The lowest BCUT2D eigenvalue weighted by Gasteiger charge is -2.09. The molecule has 0 radical (unpaired) electrons. The van der Waals surface area contributed by atoms with Crippen molar-refractivity contribution in [3.8, 4) is 5.75 Å². The van der Waals surface area contributed by atoms with Crippen molar-refractivity contribution in [2.24, 2.45) is 0 Å². The number of nitrogens with one attached hydrogen (secondary N) is 2. The molecule has 0 fully saturated rings. The van der Waals surface area contributed by atoms with E-state index in [0.717, 1.165) is 18.6 Å². The first-order chi connectivity index (χ1) is 11.5. The first kappa shape index (κ1) is 17.9. The molecule has 4 N–H and O–H groups in total. The van der Waals surface area contributed by atoms with Crippen molar-refractivity contribution in [1.82, 2.24) is 9.97 Å². The van der Waals surface area contributed by atoms with Crippen LogP contribution in [0, 0.1) is 0 Å². The SMILES string of the molecule is CCCCSc1nc(N)c(NC(=O)c2ccc(OC)cc2)c(=O)[nH]1. The van der Waals surface area contributed by atoms with Gasteiger partial charge in [0.25, 0.3) is 11.5 Å². The molecule has 8 heteroatoms. The summed E-state index contributed by atoms with van der Waals surface area (Å²) in [6.45, 7) is 2.09. The van der Waals surface area contributed by atoms with Gasteiger partial charge in [-0.2, -0.15) is 0 Å². The number of carbonyl (C=O) groups excluding carboxylic acids is 1. The lowest BCUT2D eigenvalue weighted by atomic mass is 10.2. The molecule has 1 amide bonds. The second-order valence-electron chi connectivity index (χ2n) is 5.02. The topological polar surface area (TPSA) is 110 Å². The minimum absolute atomic E-state index is 0.000361. The Morgan fingerprint density at radius 1 is 1.38 bits per heavy atom. The third kappa shape index (κ3) is 4.51. The maximum atomic E-state index is 12.2. The highest BCUT2D eigenvalue weighted by atomic mass is 32.2. The van der Waals surface area contributed by atoms with Gasteiger partial charge in [0.15, 0.2) is 11.0 Å². The number of H-pyrrole nitrogens is 1. The number of aromatic nitrogens is 2. The van der Waals surface area contributed by atoms with Gasteiger partial charge < -0.3 is 15.8 Å². The fourth-order valence-electron chi connectivity index (χ4n) is 1.90. The number of carbonyl (C=O) groups is 1. The predicted molar refractivity (Wildman–Crippen MR) is 95.8 cm³/mol. The smallest absolute Gasteiger partial charge is 0.277 e. The number of thioether (sulfide) groups is 1. The van der Waals surface area contributed by atoms with Crippen molar-refractivity contribution in [2.75, 3.05) is 23.9 Å². The summed E-state index contributed by atoms with van der Waals surface area (Å²) in [4.78, 5) is 31.1. The zero-order chi connectivity index (χ0) is 17.5. The lowest BCUT2D eigenvalue weighted by molar-refractivity contribution is 0.102. The number of benzene rings is 1. The van der Waals surface area contributed by atoms with Crippen LogP contribution in [-0.2, 0) is 0 Å². The minimum Gasteiger partial charge on any atom is -0.497 e. The van der Waals surface area contributed by atoms with E-state index in [2.05, 4.69) is 22.2 Å². The third-order valence-corrected chi connectivity index (χ3v) is 4.21. The van der Waals surface area contributed by atoms with Crippen molar-refractivity contribution in [2.45, 2.75) is 24.9 Å². The summed E-state index contributed by atoms with van der Waals surface area (Å²) < 4.78 is 5.04. The molecule has 0 saturated carbocycles. The molecule has 0 aliphatic rings. The van der Waals surface area contributed by atoms with Gasteiger partial charge in [-0.05, 0) is 30.7 Å². The molecule has 0 unspecified atom stereocenters. The molecule has 7 nitrogen and oxygen atoms in total. The summed E-state index contributed by atoms with van der Waals surface area (Å²) in [5.41, 5.74) is 5.69. The number of amides is 1. The molecule has 0 spiro atoms. The van der Waals surface area contributed by atoms with E-state index in [0.29, 0.717) is 16.5 Å². The van der Waals surface area contributed by atoms with Gasteiger partial charge in [-0.3, -0.25) is 14.6 Å². The molecule has 0 atom stereocenters. The van der Waals surface area contributed by atoms with Crippen LogP contribution in [0.5, 0.6) is 5.75 Å². The van der Waals surface area contributed by atoms with E-state index in [1.807, 2.05) is 0 Å². The molecule has 0 aliphatic carbocycles. The Morgan fingerprint density at radius 3 is 2.67 bits per heavy atom. The molecule has 1 aromatic carbocycles. The van der Waals surface area contributed by atoms with Crippen LogP contribution in [-0.4, -0.2) is 28.7 Å². The van der Waals surface area contributed by atoms with Crippen LogP contribution in [0.4, 0.5) is 11.5 Å². The van der Waals surface area contributed by atoms with Gasteiger partial charge in [0.05, 0.1) is 7.11 Å². The largest absolute Gasteiger partial charge is 0.497 e. The zero-order valence-electron chi connectivity index (χ0n) is 13.6. The summed E-state index contributed by atoms with van der Waals surface area (Å²) in [7, 11) is 1.54. The van der Waals surface area contributed by atoms with E-state index in [1.54, 1.807) is 31.4 Å². The number of methoxy groups -OCH3 is 1. The van der Waals surface area contributed by atoms with Crippen molar-refractivity contribution < 1.29 is 9.53 Å². The molecule has 128 valence electrons. The van der Waals surface area contributed by atoms with Crippen molar-refractivity contribution in [3.63, 3.8) is 0 Å². The molecule has 0 bridgehead atoms. The van der Waals surface area contributed by atoms with Gasteiger partial charge in [-0.25, -0.2) is 4.98 Å². The predicted octanol–water partition coefficient (Wildman–Crippen LogP) is 2.51. The van der Waals surface area contributed by atoms with Crippen molar-refractivity contribution >= 4 is 29.2 Å². The third-order valence-electron chi connectivity index (χ3n) is 3.25. The maximum Gasteiger partial charge on any atom is 0.277 e. The number of anilines is 2. The molecule has 1 aromatic heterocycles. The average Bonchev–Trinajstić information content (AvgIpc) is 2.58. The number of ether oxygens (including phenoxy) is 1. The highest BCUT2D eigenvalue weighted by molar-refractivity contribution is 7.99. The molecule has 1 heterocycles. The van der Waals surface area contributed by atoms with E-state index < -0.39 is 11.5 Å². The summed E-state index contributed by atoms with van der Waals surface area (Å²) in [5.74, 6) is 1.04. The summed E-state index contributed by atoms with van der Waals surface area (Å²) in [5, 5.41) is 2.96. The highest BCUT2D eigenvalue weighted by Crippen LogP contribution is 2.19. The van der Waals surface area contributed by atoms with E-state index in [4.69, 9.17) is 10.5 Å². The van der Waals surface area contributed by atoms with Crippen LogP contribution in [0.3, 0.4) is 0 Å². The Morgan fingerprint density at radius 2 is 2.08 bits per heavy atom. The summed E-state index contributed by atoms with van der Waals surface area (Å²) >= 11 is 1.43. The molecular formula is C16H20N4O3S. The van der Waals surface area contributed by atoms with Crippen LogP contribution >= 0.6 is 11.8 Å². The van der Waals surface area contributed by atoms with E-state index in [-0.39, 0.29) is 11.5 Å². The molecule has 0 aliphatic heterocycles. The van der Waals surface area contributed by atoms with Crippen LogP contribution < -0.4 is 21.3 Å². The van der Waals surface area contributed by atoms with E-state index in [9.17, 15) is 9.59 Å². The maximum absolute atomic E-state index is 12.2. The Hall–Kier alpha value is -2.48. The fraction of sp³-hybridized carbons (Fsp3) is 0.312. The zero-order valence-corrected chi connectivity index (χ0v) is 14.4. The number of unbranched alkanes of at least 4 members (excludes halogenated alkanes) is 1. The first-order valence-corrected chi connectivity index (χ1v) is 8.51. The van der Waals surface area contributed by atoms with Gasteiger partial charge >= 0.3 is 0 Å². The molecule has 2 aromatic rings. The van der Waals surface area contributed by atoms with Crippen LogP contribution in [0.25, 0.3) is 0 Å². The number of nitrogens with zero attached hydrogens (tertiary/aromatic N) is 1. The Balaban J connectivity index is 2.13. The van der Waals surface area contributed by atoms with Crippen molar-refractivity contribution in [3.05, 3.63) is 40.2 Å². The number of hydrogen-bond acceptors (Lipinski definition) is 6. The first-order valence-electron chi connectivity index (χ1n) is 7.53. The normalized spacial score (nSPS) is 10.4. The number of hydrogen-bond donors (Lipinski definition) is 3. The summed E-state index contributed by atoms with van der Waals surface area (Å²) in [6, 6.07) is 6.52. The molecule has 24 heavy (non-hydrogen) atoms. The standard InChI is InChI=1S/C16H20N4O3S/c1-3-4-9-24-16-19-13(17)12(15(22)20-16)18-14(21)10-5-7-11(23-2)8-6-10/h5-8H,3-4,9H2,1-2H3,(H,18,21)(H3,17,19,20,22). The summed E-state index contributed by atoms with van der Waals surface area (Å²) in [6.07, 6.45) is 2.08. The van der Waals surface area contributed by atoms with Gasteiger partial charge in [-0.1, -0.05) is 25.1 Å². The second kappa shape index (κ2) is 8.39. The van der Waals surface area contributed by atoms with Gasteiger partial charge in [0.1, 0.15) is 11.4 Å². The molecule has 0 saturated heterocycles. The monoisotopic (exact) mass is 348 g/mol. The number of nitrogen functional groups attached to an aromatic ring is 1. The van der Waals surface area contributed by atoms with Gasteiger partial charge in [0, 0.05) is 11.3 Å². The average molecular weight is 348 g/mol. The number of nitrogens with two attached hydrogens (primary N) is 1. The van der Waals surface area contributed by atoms with Gasteiger partial charge in [0.2, 0.25) is 0 Å². The second-order valence-corrected chi connectivity index (χ2v) is 6.10. The minimum atomic E-state index is -0.469. The Kier molecular flexibility index (Phi) is 6.25. The van der Waals surface area contributed by atoms with Gasteiger partial charge in [-0.15, -0.1) is 0 Å². The van der Waals surface area contributed by atoms with E-state index in [1.165, 1.54) is 11.8 Å². The fourth-order valence-corrected chi connectivity index (χ4v) is 2.85. The lowest BCUT2D eigenvalue weighted by Crippen LogP contribution is -2.23. The molecule has 2 rings (SSSR count). The number of rotatable bonds is 7. The quantitative estimate of drug-likeness (QED) is 0.403. The van der Waals surface area contributed by atoms with E-state index >= 15 is 0 Å². The Bertz CT molecular complexity index is 759. The number of aromatic amines is 1. The van der Waals surface area contributed by atoms with Crippen LogP contribution in [0.2, 0.25) is 0 Å². The molecular weight excluding hydrogens is 328 g/mol. The van der Waals surface area contributed by atoms with Crippen molar-refractivity contribution in [1.29, 1.82) is 0 Å². The van der Waals surface area contributed by atoms with Crippen LogP contribution in [0.1, 0.15) is 30.1 Å².